The van der Waals surface area contributed by atoms with E-state index in [0.29, 0.717) is 0 Å². The van der Waals surface area contributed by atoms with Gasteiger partial charge in [-0.15, -0.1) is 0 Å². The summed E-state index contributed by atoms with van der Waals surface area (Å²) in [6.07, 6.45) is 0. The summed E-state index contributed by atoms with van der Waals surface area (Å²) in [5.41, 5.74) is 0.0536. The molecular formula is C17H14N2O4. The van der Waals surface area contributed by atoms with Gasteiger partial charge >= 0.3 is 11.7 Å². The Bertz CT molecular complexity index is 1000. The summed E-state index contributed by atoms with van der Waals surface area (Å²) < 4.78 is 1.14. The molecule has 0 bridgehead atoms. The maximum atomic E-state index is 12.6. The van der Waals surface area contributed by atoms with Crippen molar-refractivity contribution in [1.82, 2.24) is 9.55 Å². The van der Waals surface area contributed by atoms with E-state index in [1.807, 2.05) is 30.3 Å². The number of H-pyrrole nitrogens is 1. The molecule has 0 saturated carbocycles. The number of carboxylic acid groups (broad SMARTS) is 1. The molecule has 1 aromatic heterocycles. The van der Waals surface area contributed by atoms with Crippen LogP contribution in [0, 0.1) is 0 Å². The lowest BCUT2D eigenvalue weighted by Crippen LogP contribution is -2.37. The highest BCUT2D eigenvalue weighted by molar-refractivity contribution is 5.92. The van der Waals surface area contributed by atoms with Crippen LogP contribution in [0.15, 0.2) is 58.1 Å². The first-order valence-corrected chi connectivity index (χ1v) is 7.06. The molecule has 116 valence electrons. The second-order valence-corrected chi connectivity index (χ2v) is 5.26. The zero-order chi connectivity index (χ0) is 16.6. The van der Waals surface area contributed by atoms with Gasteiger partial charge < -0.3 is 10.1 Å². The zero-order valence-corrected chi connectivity index (χ0v) is 12.3. The fraction of sp³-hybridized carbons (Fsp3) is 0.118. The predicted molar refractivity (Wildman–Crippen MR) is 86.0 cm³/mol. The molecule has 0 amide bonds. The van der Waals surface area contributed by atoms with Crippen LogP contribution in [0.25, 0.3) is 10.9 Å². The minimum Gasteiger partial charge on any atom is -0.478 e. The van der Waals surface area contributed by atoms with Crippen molar-refractivity contribution in [3.63, 3.8) is 0 Å². The molecule has 0 radical (unpaired) electrons. The number of aromatic nitrogens is 2. The summed E-state index contributed by atoms with van der Waals surface area (Å²) in [5.74, 6) is -1.12. The molecule has 23 heavy (non-hydrogen) atoms. The topological polar surface area (TPSA) is 92.2 Å². The molecule has 1 unspecified atom stereocenters. The monoisotopic (exact) mass is 310 g/mol. The summed E-state index contributed by atoms with van der Waals surface area (Å²) in [4.78, 5) is 38.5. The van der Waals surface area contributed by atoms with Crippen molar-refractivity contribution in [2.24, 2.45) is 0 Å². The van der Waals surface area contributed by atoms with Crippen molar-refractivity contribution in [3.05, 3.63) is 80.5 Å². The van der Waals surface area contributed by atoms with E-state index in [-0.39, 0.29) is 16.5 Å². The average Bonchev–Trinajstić information content (AvgIpc) is 2.55. The highest BCUT2D eigenvalue weighted by Gasteiger charge is 2.16. The molecule has 3 aromatic rings. The second kappa shape index (κ2) is 5.57. The fourth-order valence-corrected chi connectivity index (χ4v) is 2.60. The van der Waals surface area contributed by atoms with Gasteiger partial charge in [-0.2, -0.15) is 0 Å². The van der Waals surface area contributed by atoms with E-state index in [9.17, 15) is 14.4 Å². The van der Waals surface area contributed by atoms with Crippen molar-refractivity contribution in [2.45, 2.75) is 13.0 Å². The van der Waals surface area contributed by atoms with Crippen molar-refractivity contribution in [3.8, 4) is 0 Å². The van der Waals surface area contributed by atoms with Crippen molar-refractivity contribution < 1.29 is 9.90 Å². The molecule has 0 aliphatic heterocycles. The lowest BCUT2D eigenvalue weighted by Gasteiger charge is -2.15. The highest BCUT2D eigenvalue weighted by atomic mass is 16.4. The van der Waals surface area contributed by atoms with Gasteiger partial charge in [-0.3, -0.25) is 9.36 Å². The Kier molecular flexibility index (Phi) is 3.57. The summed E-state index contributed by atoms with van der Waals surface area (Å²) in [5, 5.41) is 9.27. The molecule has 0 saturated heterocycles. The molecule has 6 nitrogen and oxygen atoms in total. The molecule has 2 aromatic carbocycles. The molecule has 0 spiro atoms. The molecule has 1 heterocycles. The van der Waals surface area contributed by atoms with Crippen molar-refractivity contribution >= 4 is 16.9 Å². The minimum atomic E-state index is -1.12. The Morgan fingerprint density at radius 1 is 1.13 bits per heavy atom. The number of fused-ring (bicyclic) bond motifs is 1. The summed E-state index contributed by atoms with van der Waals surface area (Å²) >= 11 is 0. The standard InChI is InChI=1S/C17H14N2O4/c1-10(11-5-3-2-4-6-11)19-15(20)13-8-7-12(16(21)22)9-14(13)18-17(19)23/h2-10H,1H3,(H,18,23)(H,21,22). The van der Waals surface area contributed by atoms with Crippen LogP contribution >= 0.6 is 0 Å². The summed E-state index contributed by atoms with van der Waals surface area (Å²) in [6.45, 7) is 1.77. The molecular weight excluding hydrogens is 296 g/mol. The van der Waals surface area contributed by atoms with Gasteiger partial charge in [-0.25, -0.2) is 9.59 Å². The normalized spacial score (nSPS) is 12.2. The van der Waals surface area contributed by atoms with Crippen LogP contribution in [-0.4, -0.2) is 20.6 Å². The van der Waals surface area contributed by atoms with Crippen LogP contribution in [0.1, 0.15) is 28.9 Å². The first-order valence-electron chi connectivity index (χ1n) is 7.06. The lowest BCUT2D eigenvalue weighted by atomic mass is 10.1. The van der Waals surface area contributed by atoms with Gasteiger partial charge in [0.25, 0.3) is 5.56 Å². The van der Waals surface area contributed by atoms with Crippen LogP contribution < -0.4 is 11.2 Å². The van der Waals surface area contributed by atoms with E-state index >= 15 is 0 Å². The third-order valence-electron chi connectivity index (χ3n) is 3.85. The van der Waals surface area contributed by atoms with Crippen LogP contribution in [-0.2, 0) is 0 Å². The first kappa shape index (κ1) is 14.8. The molecule has 3 rings (SSSR count). The quantitative estimate of drug-likeness (QED) is 0.774. The van der Waals surface area contributed by atoms with E-state index in [1.165, 1.54) is 18.2 Å². The number of rotatable bonds is 3. The Morgan fingerprint density at radius 3 is 2.48 bits per heavy atom. The van der Waals surface area contributed by atoms with E-state index in [0.717, 1.165) is 10.1 Å². The predicted octanol–water partition coefficient (Wildman–Crippen LogP) is 2.00. The molecule has 0 fully saturated rings. The van der Waals surface area contributed by atoms with Crippen LogP contribution in [0.2, 0.25) is 0 Å². The van der Waals surface area contributed by atoms with Crippen LogP contribution in [0.4, 0.5) is 0 Å². The first-order chi connectivity index (χ1) is 11.0. The number of carboxylic acids is 1. The van der Waals surface area contributed by atoms with Gasteiger partial charge in [0.2, 0.25) is 0 Å². The number of carbonyl (C=O) groups is 1. The molecule has 6 heteroatoms. The Balaban J connectivity index is 2.24. The SMILES string of the molecule is CC(c1ccccc1)n1c(=O)[nH]c2cc(C(=O)O)ccc2c1=O. The third-order valence-corrected chi connectivity index (χ3v) is 3.85. The molecule has 1 atom stereocenters. The number of nitrogens with one attached hydrogen (secondary N) is 1. The summed E-state index contributed by atoms with van der Waals surface area (Å²) in [6, 6.07) is 12.8. The average molecular weight is 310 g/mol. The lowest BCUT2D eigenvalue weighted by molar-refractivity contribution is 0.0697. The van der Waals surface area contributed by atoms with Gasteiger partial charge in [0.15, 0.2) is 0 Å². The third kappa shape index (κ3) is 2.55. The number of nitrogens with zero attached hydrogens (tertiary/aromatic N) is 1. The van der Waals surface area contributed by atoms with E-state index in [2.05, 4.69) is 4.98 Å². The van der Waals surface area contributed by atoms with Gasteiger partial charge in [0, 0.05) is 0 Å². The number of aromatic amines is 1. The number of aromatic carboxylic acids is 1. The van der Waals surface area contributed by atoms with E-state index in [4.69, 9.17) is 5.11 Å². The number of hydrogen-bond donors (Lipinski definition) is 2. The molecule has 0 aliphatic rings. The van der Waals surface area contributed by atoms with Gasteiger partial charge in [-0.05, 0) is 30.7 Å². The maximum absolute atomic E-state index is 12.6. The number of hydrogen-bond acceptors (Lipinski definition) is 3. The van der Waals surface area contributed by atoms with E-state index in [1.54, 1.807) is 6.92 Å². The maximum Gasteiger partial charge on any atom is 0.335 e. The second-order valence-electron chi connectivity index (χ2n) is 5.26. The highest BCUT2D eigenvalue weighted by Crippen LogP contribution is 2.15. The Hall–Kier alpha value is -3.15. The molecule has 2 N–H and O–H groups in total. The van der Waals surface area contributed by atoms with Crippen molar-refractivity contribution in [2.75, 3.05) is 0 Å². The largest absolute Gasteiger partial charge is 0.478 e. The smallest absolute Gasteiger partial charge is 0.335 e. The summed E-state index contributed by atoms with van der Waals surface area (Å²) in [7, 11) is 0. The minimum absolute atomic E-state index is 0.0152. The van der Waals surface area contributed by atoms with Crippen molar-refractivity contribution in [1.29, 1.82) is 0 Å². The van der Waals surface area contributed by atoms with Crippen LogP contribution in [0.5, 0.6) is 0 Å². The fourth-order valence-electron chi connectivity index (χ4n) is 2.60. The molecule has 0 aliphatic carbocycles. The zero-order valence-electron chi connectivity index (χ0n) is 12.3. The van der Waals surface area contributed by atoms with Gasteiger partial charge in [0.1, 0.15) is 0 Å². The number of benzene rings is 2. The van der Waals surface area contributed by atoms with Gasteiger partial charge in [-0.1, -0.05) is 30.3 Å². The Morgan fingerprint density at radius 2 is 1.83 bits per heavy atom. The van der Waals surface area contributed by atoms with Gasteiger partial charge in [0.05, 0.1) is 22.5 Å². The van der Waals surface area contributed by atoms with E-state index < -0.39 is 23.3 Å². The van der Waals surface area contributed by atoms with Crippen LogP contribution in [0.3, 0.4) is 0 Å². The Labute approximate surface area is 130 Å².